The molecule has 1 atom stereocenters. The number of hydrogen-bond donors (Lipinski definition) is 2. The Hall–Kier alpha value is -1.56. The molecule has 0 saturated carbocycles. The van der Waals surface area contributed by atoms with Gasteiger partial charge in [0.05, 0.1) is 7.11 Å². The Morgan fingerprint density at radius 2 is 2.28 bits per heavy atom. The second-order valence-electron chi connectivity index (χ2n) is 3.90. The highest BCUT2D eigenvalue weighted by molar-refractivity contribution is 7.12. The number of hydrogen-bond acceptors (Lipinski definition) is 4. The fraction of sp³-hybridized carbons (Fsp3) is 0.500. The summed E-state index contributed by atoms with van der Waals surface area (Å²) in [5, 5.41) is 13.2. The first-order chi connectivity index (χ1) is 8.58. The van der Waals surface area contributed by atoms with Crippen LogP contribution in [-0.4, -0.2) is 30.6 Å². The lowest BCUT2D eigenvalue weighted by Crippen LogP contribution is -2.29. The molecule has 0 saturated heterocycles. The lowest BCUT2D eigenvalue weighted by Gasteiger charge is -2.13. The van der Waals surface area contributed by atoms with E-state index in [2.05, 4.69) is 5.32 Å². The minimum Gasteiger partial charge on any atom is -0.495 e. The van der Waals surface area contributed by atoms with Crippen LogP contribution < -0.4 is 10.1 Å². The van der Waals surface area contributed by atoms with Gasteiger partial charge in [-0.25, -0.2) is 0 Å². The van der Waals surface area contributed by atoms with E-state index < -0.39 is 5.97 Å². The lowest BCUT2D eigenvalue weighted by molar-refractivity contribution is -0.138. The summed E-state index contributed by atoms with van der Waals surface area (Å²) in [6.07, 6.45) is 0.784. The molecule has 0 spiro atoms. The largest absolute Gasteiger partial charge is 0.495 e. The van der Waals surface area contributed by atoms with E-state index in [9.17, 15) is 9.59 Å². The average Bonchev–Trinajstić information content (AvgIpc) is 2.81. The molecule has 1 heterocycles. The van der Waals surface area contributed by atoms with Crippen LogP contribution in [-0.2, 0) is 4.79 Å². The van der Waals surface area contributed by atoms with Crippen LogP contribution in [0.4, 0.5) is 0 Å². The summed E-state index contributed by atoms with van der Waals surface area (Å²) in [6.45, 7) is 2.27. The Morgan fingerprint density at radius 3 is 2.83 bits per heavy atom. The van der Waals surface area contributed by atoms with Crippen LogP contribution >= 0.6 is 11.3 Å². The molecule has 0 bridgehead atoms. The third kappa shape index (κ3) is 4.03. The minimum absolute atomic E-state index is 0.0441. The van der Waals surface area contributed by atoms with Gasteiger partial charge in [-0.15, -0.1) is 11.3 Å². The maximum Gasteiger partial charge on any atom is 0.303 e. The third-order valence-corrected chi connectivity index (χ3v) is 3.54. The number of carbonyl (C=O) groups excluding carboxylic acids is 1. The summed E-state index contributed by atoms with van der Waals surface area (Å²) in [7, 11) is 1.51. The van der Waals surface area contributed by atoms with E-state index in [0.29, 0.717) is 23.6 Å². The van der Waals surface area contributed by atoms with Gasteiger partial charge in [0.1, 0.15) is 10.6 Å². The highest BCUT2D eigenvalue weighted by Crippen LogP contribution is 2.24. The molecule has 100 valence electrons. The van der Waals surface area contributed by atoms with Gasteiger partial charge in [0, 0.05) is 13.0 Å². The van der Waals surface area contributed by atoms with E-state index in [-0.39, 0.29) is 18.2 Å². The fourth-order valence-electron chi connectivity index (χ4n) is 1.55. The van der Waals surface area contributed by atoms with Gasteiger partial charge in [-0.2, -0.15) is 0 Å². The van der Waals surface area contributed by atoms with E-state index >= 15 is 0 Å². The van der Waals surface area contributed by atoms with Crippen LogP contribution in [0.3, 0.4) is 0 Å². The molecule has 18 heavy (non-hydrogen) atoms. The van der Waals surface area contributed by atoms with Crippen molar-refractivity contribution in [2.45, 2.75) is 19.8 Å². The average molecular weight is 271 g/mol. The summed E-state index contributed by atoms with van der Waals surface area (Å²) < 4.78 is 5.06. The number of aliphatic carboxylic acids is 1. The molecule has 0 aliphatic carbocycles. The molecule has 1 amide bonds. The normalized spacial score (nSPS) is 11.9. The molecule has 0 radical (unpaired) electrons. The summed E-state index contributed by atoms with van der Waals surface area (Å²) in [5.41, 5.74) is 0. The minimum atomic E-state index is -0.843. The van der Waals surface area contributed by atoms with Crippen molar-refractivity contribution in [1.82, 2.24) is 5.32 Å². The van der Waals surface area contributed by atoms with Crippen molar-refractivity contribution in [3.63, 3.8) is 0 Å². The van der Waals surface area contributed by atoms with Crippen LogP contribution in [0.1, 0.15) is 29.4 Å². The number of ether oxygens (including phenoxy) is 1. The predicted octanol–water partition coefficient (Wildman–Crippen LogP) is 1.99. The molecule has 6 heteroatoms. The highest BCUT2D eigenvalue weighted by Gasteiger charge is 2.16. The molecule has 0 aliphatic rings. The molecular formula is C12H17NO4S. The van der Waals surface area contributed by atoms with E-state index in [4.69, 9.17) is 9.84 Å². The van der Waals surface area contributed by atoms with Gasteiger partial charge in [0.15, 0.2) is 0 Å². The maximum absolute atomic E-state index is 11.9. The Balaban J connectivity index is 2.52. The third-order valence-electron chi connectivity index (χ3n) is 2.65. The Labute approximate surface area is 110 Å². The molecule has 0 aliphatic heterocycles. The number of thiophene rings is 1. The van der Waals surface area contributed by atoms with Crippen molar-refractivity contribution in [3.05, 3.63) is 16.3 Å². The quantitative estimate of drug-likeness (QED) is 0.795. The van der Waals surface area contributed by atoms with Crippen molar-refractivity contribution < 1.29 is 19.4 Å². The molecule has 2 N–H and O–H groups in total. The van der Waals surface area contributed by atoms with Gasteiger partial charge in [-0.1, -0.05) is 13.3 Å². The number of amides is 1. The van der Waals surface area contributed by atoms with Crippen LogP contribution in [0.15, 0.2) is 11.4 Å². The standard InChI is InChI=1S/C12H17NO4S/c1-3-8(6-10(14)15)7-13-12(16)11-9(17-2)4-5-18-11/h4-5,8H,3,6-7H2,1-2H3,(H,13,16)(H,14,15). The van der Waals surface area contributed by atoms with Crippen LogP contribution in [0.25, 0.3) is 0 Å². The molecule has 0 fully saturated rings. The molecule has 5 nitrogen and oxygen atoms in total. The van der Waals surface area contributed by atoms with Gasteiger partial charge in [-0.05, 0) is 17.4 Å². The highest BCUT2D eigenvalue weighted by atomic mass is 32.1. The first-order valence-electron chi connectivity index (χ1n) is 5.70. The van der Waals surface area contributed by atoms with Crippen molar-refractivity contribution in [2.24, 2.45) is 5.92 Å². The number of carboxylic acid groups (broad SMARTS) is 1. The summed E-state index contributed by atoms with van der Waals surface area (Å²) in [6, 6.07) is 1.73. The smallest absolute Gasteiger partial charge is 0.303 e. The van der Waals surface area contributed by atoms with E-state index in [1.54, 1.807) is 11.4 Å². The monoisotopic (exact) mass is 271 g/mol. The van der Waals surface area contributed by atoms with Crippen LogP contribution in [0.5, 0.6) is 5.75 Å². The molecule has 1 unspecified atom stereocenters. The maximum atomic E-state index is 11.9. The van der Waals surface area contributed by atoms with E-state index in [1.165, 1.54) is 18.4 Å². The lowest BCUT2D eigenvalue weighted by atomic mass is 10.0. The van der Waals surface area contributed by atoms with Gasteiger partial charge >= 0.3 is 5.97 Å². The Bertz CT molecular complexity index is 416. The molecule has 1 rings (SSSR count). The zero-order chi connectivity index (χ0) is 13.5. The fourth-order valence-corrected chi connectivity index (χ4v) is 2.32. The SMILES string of the molecule is CCC(CNC(=O)c1sccc1OC)CC(=O)O. The van der Waals surface area contributed by atoms with Crippen molar-refractivity contribution in [3.8, 4) is 5.75 Å². The number of carbonyl (C=O) groups is 2. The van der Waals surface area contributed by atoms with E-state index in [1.807, 2.05) is 6.92 Å². The summed E-state index contributed by atoms with van der Waals surface area (Å²) in [4.78, 5) is 23.0. The van der Waals surface area contributed by atoms with E-state index in [0.717, 1.165) is 0 Å². The Morgan fingerprint density at radius 1 is 1.56 bits per heavy atom. The zero-order valence-electron chi connectivity index (χ0n) is 10.4. The number of rotatable bonds is 7. The summed E-state index contributed by atoms with van der Waals surface area (Å²) >= 11 is 1.30. The van der Waals surface area contributed by atoms with Gasteiger partial charge in [0.2, 0.25) is 0 Å². The van der Waals surface area contributed by atoms with Gasteiger partial charge in [-0.3, -0.25) is 9.59 Å². The van der Waals surface area contributed by atoms with Gasteiger partial charge < -0.3 is 15.2 Å². The summed E-state index contributed by atoms with van der Waals surface area (Å²) in [5.74, 6) is -0.559. The second kappa shape index (κ2) is 7.00. The van der Waals surface area contributed by atoms with Gasteiger partial charge in [0.25, 0.3) is 5.91 Å². The van der Waals surface area contributed by atoms with Crippen molar-refractivity contribution in [2.75, 3.05) is 13.7 Å². The van der Waals surface area contributed by atoms with Crippen molar-refractivity contribution in [1.29, 1.82) is 0 Å². The first kappa shape index (κ1) is 14.5. The number of nitrogens with one attached hydrogen (secondary N) is 1. The molecular weight excluding hydrogens is 254 g/mol. The number of carboxylic acids is 1. The second-order valence-corrected chi connectivity index (χ2v) is 4.82. The predicted molar refractivity (Wildman–Crippen MR) is 69.2 cm³/mol. The topological polar surface area (TPSA) is 75.6 Å². The number of methoxy groups -OCH3 is 1. The van der Waals surface area contributed by atoms with Crippen LogP contribution in [0.2, 0.25) is 0 Å². The molecule has 1 aromatic heterocycles. The molecule has 1 aromatic rings. The first-order valence-corrected chi connectivity index (χ1v) is 6.57. The van der Waals surface area contributed by atoms with Crippen LogP contribution in [0, 0.1) is 5.92 Å². The zero-order valence-corrected chi connectivity index (χ0v) is 11.3. The van der Waals surface area contributed by atoms with Crippen molar-refractivity contribution >= 4 is 23.2 Å². The molecule has 0 aromatic carbocycles. The Kier molecular flexibility index (Phi) is 5.64.